The van der Waals surface area contributed by atoms with Crippen LogP contribution in [0, 0.1) is 29.0 Å². The van der Waals surface area contributed by atoms with Crippen LogP contribution in [-0.4, -0.2) is 35.2 Å². The maximum atomic E-state index is 13.3. The van der Waals surface area contributed by atoms with Gasteiger partial charge in [-0.25, -0.2) is 9.18 Å². The van der Waals surface area contributed by atoms with Crippen molar-refractivity contribution >= 4 is 23.6 Å². The molecule has 0 aromatic heterocycles. The zero-order valence-electron chi connectivity index (χ0n) is 22.4. The van der Waals surface area contributed by atoms with Crippen LogP contribution in [0.5, 0.6) is 0 Å². The van der Waals surface area contributed by atoms with Gasteiger partial charge in [-0.2, -0.15) is 0 Å². The minimum absolute atomic E-state index is 0.0907. The maximum absolute atomic E-state index is 13.3. The zero-order chi connectivity index (χ0) is 27.2. The van der Waals surface area contributed by atoms with Gasteiger partial charge in [0.2, 0.25) is 0 Å². The molecular weight excluding hydrogens is 491 g/mol. The number of hydrogen-bond acceptors (Lipinski definition) is 4. The van der Waals surface area contributed by atoms with Crippen molar-refractivity contribution in [2.75, 3.05) is 6.54 Å². The van der Waals surface area contributed by atoms with Crippen LogP contribution in [0.25, 0.3) is 0 Å². The number of hydrogen-bond donors (Lipinski definition) is 4. The number of aliphatic imine (C=N–C) groups is 1. The van der Waals surface area contributed by atoms with Gasteiger partial charge in [0.15, 0.2) is 0 Å². The molecule has 0 saturated heterocycles. The van der Waals surface area contributed by atoms with Crippen LogP contribution in [0.2, 0.25) is 0 Å². The predicted octanol–water partition coefficient (Wildman–Crippen LogP) is 6.65. The van der Waals surface area contributed by atoms with Gasteiger partial charge in [-0.1, -0.05) is 55.2 Å². The first-order valence-corrected chi connectivity index (χ1v) is 14.3. The van der Waals surface area contributed by atoms with Crippen molar-refractivity contribution in [3.63, 3.8) is 0 Å². The lowest BCUT2D eigenvalue weighted by Gasteiger charge is -2.33. The summed E-state index contributed by atoms with van der Waals surface area (Å²) in [7, 11) is 0. The van der Waals surface area contributed by atoms with E-state index in [2.05, 4.69) is 28.8 Å². The molecule has 39 heavy (non-hydrogen) atoms. The number of urea groups is 1. The highest BCUT2D eigenvalue weighted by Crippen LogP contribution is 2.47. The van der Waals surface area contributed by atoms with Crippen LogP contribution in [0.1, 0.15) is 69.4 Å². The fraction of sp³-hybridized carbons (Fsp3) is 0.469. The molecule has 3 aliphatic rings. The van der Waals surface area contributed by atoms with Crippen molar-refractivity contribution in [1.82, 2.24) is 10.6 Å². The molecule has 3 aliphatic carbocycles. The summed E-state index contributed by atoms with van der Waals surface area (Å²) in [6.07, 6.45) is 11.8. The minimum atomic E-state index is -0.806. The van der Waals surface area contributed by atoms with Crippen molar-refractivity contribution < 1.29 is 14.3 Å². The van der Waals surface area contributed by atoms with Gasteiger partial charge in [-0.3, -0.25) is 4.99 Å². The SMILES string of the molecule is N=CC1CC2C(=CC1=Nc1ccc(F)cc1)CCC2CC(NC(=O)NCC1(O)CCCCC1)c1ccccc1. The summed E-state index contributed by atoms with van der Waals surface area (Å²) in [6, 6.07) is 15.8. The van der Waals surface area contributed by atoms with Crippen molar-refractivity contribution in [2.45, 2.75) is 69.4 Å². The van der Waals surface area contributed by atoms with Crippen LogP contribution in [0.3, 0.4) is 0 Å². The van der Waals surface area contributed by atoms with Gasteiger partial charge in [0, 0.05) is 24.4 Å². The molecule has 4 atom stereocenters. The van der Waals surface area contributed by atoms with Crippen molar-refractivity contribution in [3.8, 4) is 0 Å². The fourth-order valence-corrected chi connectivity index (χ4v) is 6.58. The van der Waals surface area contributed by atoms with E-state index in [1.54, 1.807) is 12.1 Å². The van der Waals surface area contributed by atoms with E-state index in [4.69, 9.17) is 10.4 Å². The molecule has 2 aromatic carbocycles. The average molecular weight is 531 g/mol. The number of aliphatic hydroxyl groups is 1. The summed E-state index contributed by atoms with van der Waals surface area (Å²) in [6.45, 7) is 0.274. The predicted molar refractivity (Wildman–Crippen MR) is 153 cm³/mol. The summed E-state index contributed by atoms with van der Waals surface area (Å²) in [5.74, 6) is 0.331. The molecular formula is C32H39FN4O2. The molecule has 7 heteroatoms. The molecule has 0 aliphatic heterocycles. The van der Waals surface area contributed by atoms with E-state index in [0.717, 1.165) is 69.1 Å². The summed E-state index contributed by atoms with van der Waals surface area (Å²) in [4.78, 5) is 17.7. The van der Waals surface area contributed by atoms with Gasteiger partial charge < -0.3 is 21.1 Å². The molecule has 2 fully saturated rings. The van der Waals surface area contributed by atoms with Crippen LogP contribution >= 0.6 is 0 Å². The summed E-state index contributed by atoms with van der Waals surface area (Å²) in [5, 5.41) is 25.0. The Hall–Kier alpha value is -3.32. The van der Waals surface area contributed by atoms with Crippen molar-refractivity contribution in [2.24, 2.45) is 22.7 Å². The van der Waals surface area contributed by atoms with E-state index in [-0.39, 0.29) is 30.4 Å². The lowest BCUT2D eigenvalue weighted by atomic mass is 9.76. The van der Waals surface area contributed by atoms with Crippen LogP contribution < -0.4 is 10.6 Å². The number of benzene rings is 2. The molecule has 4 N–H and O–H groups in total. The minimum Gasteiger partial charge on any atom is -0.388 e. The summed E-state index contributed by atoms with van der Waals surface area (Å²) < 4.78 is 13.3. The van der Waals surface area contributed by atoms with Crippen LogP contribution in [-0.2, 0) is 0 Å². The third-order valence-electron chi connectivity index (χ3n) is 8.76. The van der Waals surface area contributed by atoms with Crippen molar-refractivity contribution in [1.29, 1.82) is 5.41 Å². The van der Waals surface area contributed by atoms with Gasteiger partial charge in [0.25, 0.3) is 0 Å². The Bertz CT molecular complexity index is 1200. The first-order chi connectivity index (χ1) is 18.9. The molecule has 0 bridgehead atoms. The fourth-order valence-electron chi connectivity index (χ4n) is 6.58. The lowest BCUT2D eigenvalue weighted by Crippen LogP contribution is -2.48. The van der Waals surface area contributed by atoms with Crippen LogP contribution in [0.15, 0.2) is 71.2 Å². The maximum Gasteiger partial charge on any atom is 0.315 e. The summed E-state index contributed by atoms with van der Waals surface area (Å²) >= 11 is 0. The number of nitrogens with zero attached hydrogens (tertiary/aromatic N) is 1. The molecule has 206 valence electrons. The van der Waals surface area contributed by atoms with E-state index >= 15 is 0 Å². The second-order valence-electron chi connectivity index (χ2n) is 11.5. The van der Waals surface area contributed by atoms with E-state index < -0.39 is 5.60 Å². The third-order valence-corrected chi connectivity index (χ3v) is 8.76. The Balaban J connectivity index is 1.28. The largest absolute Gasteiger partial charge is 0.388 e. The number of carbonyl (C=O) groups is 1. The highest BCUT2D eigenvalue weighted by atomic mass is 19.1. The van der Waals surface area contributed by atoms with E-state index in [0.29, 0.717) is 17.5 Å². The molecule has 6 nitrogen and oxygen atoms in total. The Morgan fingerprint density at radius 2 is 1.87 bits per heavy atom. The molecule has 0 heterocycles. The number of fused-ring (bicyclic) bond motifs is 1. The van der Waals surface area contributed by atoms with Crippen molar-refractivity contribution in [3.05, 3.63) is 77.6 Å². The van der Waals surface area contributed by atoms with Gasteiger partial charge in [-0.15, -0.1) is 0 Å². The molecule has 2 aromatic rings. The molecule has 4 unspecified atom stereocenters. The number of allylic oxidation sites excluding steroid dienone is 2. The van der Waals surface area contributed by atoms with E-state index in [1.807, 2.05) is 18.2 Å². The number of amides is 2. The zero-order valence-corrected chi connectivity index (χ0v) is 22.4. The Kier molecular flexibility index (Phi) is 8.56. The first-order valence-electron chi connectivity index (χ1n) is 14.3. The standard InChI is InChI=1S/C32H39FN4O2/c33-26-11-13-27(14-12-26)36-30-19-24-10-9-23(28(24)17-25(30)20-34)18-29(22-7-3-1-4-8-22)37-31(38)35-21-32(39)15-5-2-6-16-32/h1,3-4,7-8,11-14,19-20,23,25,28-29,34,39H,2,5-6,9-10,15-18,21H2,(H2,35,37,38). The number of carbonyl (C=O) groups excluding carboxylic acids is 1. The second-order valence-corrected chi connectivity index (χ2v) is 11.5. The monoisotopic (exact) mass is 530 g/mol. The van der Waals surface area contributed by atoms with Gasteiger partial charge in [-0.05, 0) is 86.3 Å². The Morgan fingerprint density at radius 1 is 1.13 bits per heavy atom. The Morgan fingerprint density at radius 3 is 2.59 bits per heavy atom. The third kappa shape index (κ3) is 6.82. The van der Waals surface area contributed by atoms with Gasteiger partial charge in [0.05, 0.1) is 17.3 Å². The van der Waals surface area contributed by atoms with Crippen LogP contribution in [0.4, 0.5) is 14.9 Å². The molecule has 2 amide bonds. The molecule has 2 saturated carbocycles. The normalized spacial score (nSPS) is 25.8. The molecule has 0 radical (unpaired) electrons. The Labute approximate surface area is 230 Å². The number of rotatable bonds is 8. The van der Waals surface area contributed by atoms with E-state index in [1.165, 1.54) is 23.9 Å². The lowest BCUT2D eigenvalue weighted by molar-refractivity contribution is 0.00710. The average Bonchev–Trinajstić information content (AvgIpc) is 3.34. The number of halogens is 1. The van der Waals surface area contributed by atoms with E-state index in [9.17, 15) is 14.3 Å². The first kappa shape index (κ1) is 27.3. The van der Waals surface area contributed by atoms with Gasteiger partial charge in [0.1, 0.15) is 5.82 Å². The topological polar surface area (TPSA) is 97.6 Å². The molecule has 0 spiro atoms. The number of nitrogens with one attached hydrogen (secondary N) is 3. The quantitative estimate of drug-likeness (QED) is 0.288. The van der Waals surface area contributed by atoms with Gasteiger partial charge >= 0.3 is 6.03 Å². The second kappa shape index (κ2) is 12.2. The summed E-state index contributed by atoms with van der Waals surface area (Å²) in [5.41, 5.74) is 3.18. The highest BCUT2D eigenvalue weighted by Gasteiger charge is 2.39. The highest BCUT2D eigenvalue weighted by molar-refractivity contribution is 6.07. The molecule has 5 rings (SSSR count). The smallest absolute Gasteiger partial charge is 0.315 e.